The Hall–Kier alpha value is -0.980. The number of rotatable bonds is 0. The average molecular weight is 107 g/mol. The number of hydrogen-bond donors (Lipinski definition) is 1. The second kappa shape index (κ2) is 2.36. The smallest absolute Gasteiger partial charge is 0.00265 e. The summed E-state index contributed by atoms with van der Waals surface area (Å²) in [4.78, 5) is 0. The molecule has 0 bridgehead atoms. The van der Waals surface area contributed by atoms with Crippen LogP contribution >= 0.6 is 0 Å². The SMILES string of the molecule is N/C=C1\C=CC=CC1. The minimum absolute atomic E-state index is 0.979. The van der Waals surface area contributed by atoms with E-state index in [-0.39, 0.29) is 0 Å². The first-order valence-electron chi connectivity index (χ1n) is 2.67. The van der Waals surface area contributed by atoms with Crippen LogP contribution in [0.4, 0.5) is 0 Å². The van der Waals surface area contributed by atoms with Crippen LogP contribution in [0.2, 0.25) is 0 Å². The maximum Gasteiger partial charge on any atom is -0.00265 e. The van der Waals surface area contributed by atoms with Crippen LogP contribution in [-0.4, -0.2) is 0 Å². The Morgan fingerprint density at radius 1 is 1.50 bits per heavy atom. The lowest BCUT2D eigenvalue weighted by molar-refractivity contribution is 1.24. The van der Waals surface area contributed by atoms with Gasteiger partial charge in [-0.1, -0.05) is 24.3 Å². The van der Waals surface area contributed by atoms with Gasteiger partial charge in [-0.15, -0.1) is 0 Å². The molecule has 0 atom stereocenters. The van der Waals surface area contributed by atoms with Crippen molar-refractivity contribution in [3.63, 3.8) is 0 Å². The van der Waals surface area contributed by atoms with Gasteiger partial charge in [0, 0.05) is 0 Å². The zero-order valence-corrected chi connectivity index (χ0v) is 4.67. The molecular weight excluding hydrogens is 98.1 g/mol. The van der Waals surface area contributed by atoms with Gasteiger partial charge in [0.1, 0.15) is 0 Å². The van der Waals surface area contributed by atoms with E-state index >= 15 is 0 Å². The van der Waals surface area contributed by atoms with Gasteiger partial charge in [0.05, 0.1) is 0 Å². The molecule has 0 saturated carbocycles. The van der Waals surface area contributed by atoms with Crippen LogP contribution in [-0.2, 0) is 0 Å². The van der Waals surface area contributed by atoms with Crippen molar-refractivity contribution in [1.29, 1.82) is 0 Å². The van der Waals surface area contributed by atoms with Crippen LogP contribution < -0.4 is 5.73 Å². The second-order valence-electron chi connectivity index (χ2n) is 1.73. The molecule has 1 rings (SSSR count). The number of hydrogen-bond acceptors (Lipinski definition) is 1. The average Bonchev–Trinajstić information content (AvgIpc) is 1.90. The van der Waals surface area contributed by atoms with Crippen molar-refractivity contribution in [3.8, 4) is 0 Å². The van der Waals surface area contributed by atoms with E-state index < -0.39 is 0 Å². The van der Waals surface area contributed by atoms with E-state index in [4.69, 9.17) is 5.73 Å². The summed E-state index contributed by atoms with van der Waals surface area (Å²) in [5.41, 5.74) is 6.44. The van der Waals surface area contributed by atoms with Crippen LogP contribution in [0.1, 0.15) is 6.42 Å². The molecular formula is C7H9N. The lowest BCUT2D eigenvalue weighted by Crippen LogP contribution is -1.86. The number of nitrogens with two attached hydrogens (primary N) is 1. The number of allylic oxidation sites excluding steroid dienone is 5. The topological polar surface area (TPSA) is 26.0 Å². The molecule has 0 unspecified atom stereocenters. The van der Waals surface area contributed by atoms with E-state index in [1.165, 1.54) is 5.57 Å². The molecule has 0 saturated heterocycles. The van der Waals surface area contributed by atoms with Crippen molar-refractivity contribution in [2.75, 3.05) is 0 Å². The standard InChI is InChI=1S/C7H9N/c8-6-7-4-2-1-3-5-7/h1-4,6H,5,8H2/b7-6+. The fraction of sp³-hybridized carbons (Fsp3) is 0.143. The van der Waals surface area contributed by atoms with E-state index in [0.717, 1.165) is 6.42 Å². The maximum absolute atomic E-state index is 5.26. The molecule has 1 aliphatic carbocycles. The highest BCUT2D eigenvalue weighted by molar-refractivity contribution is 5.28. The third-order valence-corrected chi connectivity index (χ3v) is 1.13. The third-order valence-electron chi connectivity index (χ3n) is 1.13. The van der Waals surface area contributed by atoms with Crippen molar-refractivity contribution in [2.24, 2.45) is 5.73 Å². The third kappa shape index (κ3) is 0.997. The van der Waals surface area contributed by atoms with Crippen LogP contribution in [0.3, 0.4) is 0 Å². The maximum atomic E-state index is 5.26. The summed E-state index contributed by atoms with van der Waals surface area (Å²) < 4.78 is 0. The summed E-state index contributed by atoms with van der Waals surface area (Å²) in [5, 5.41) is 0. The second-order valence-corrected chi connectivity index (χ2v) is 1.73. The van der Waals surface area contributed by atoms with Gasteiger partial charge in [0.2, 0.25) is 0 Å². The molecule has 1 aliphatic rings. The molecule has 1 nitrogen and oxygen atoms in total. The van der Waals surface area contributed by atoms with Gasteiger partial charge < -0.3 is 5.73 Å². The zero-order valence-electron chi connectivity index (χ0n) is 4.67. The molecule has 0 radical (unpaired) electrons. The summed E-state index contributed by atoms with van der Waals surface area (Å²) in [5.74, 6) is 0. The monoisotopic (exact) mass is 107 g/mol. The Bertz CT molecular complexity index is 152. The van der Waals surface area contributed by atoms with E-state index in [9.17, 15) is 0 Å². The van der Waals surface area contributed by atoms with Gasteiger partial charge in [0.15, 0.2) is 0 Å². The summed E-state index contributed by atoms with van der Waals surface area (Å²) in [7, 11) is 0. The van der Waals surface area contributed by atoms with Crippen LogP contribution in [0.25, 0.3) is 0 Å². The molecule has 0 spiro atoms. The Balaban J connectivity index is 2.66. The lowest BCUT2D eigenvalue weighted by Gasteiger charge is -1.97. The largest absolute Gasteiger partial charge is 0.404 e. The molecule has 0 amide bonds. The lowest BCUT2D eigenvalue weighted by atomic mass is 10.1. The van der Waals surface area contributed by atoms with E-state index in [1.807, 2.05) is 18.2 Å². The normalized spacial score (nSPS) is 22.2. The van der Waals surface area contributed by atoms with Gasteiger partial charge in [-0.25, -0.2) is 0 Å². The van der Waals surface area contributed by atoms with E-state index in [0.29, 0.717) is 0 Å². The van der Waals surface area contributed by atoms with Gasteiger partial charge in [-0.05, 0) is 18.2 Å². The first-order valence-corrected chi connectivity index (χ1v) is 2.67. The van der Waals surface area contributed by atoms with Crippen molar-refractivity contribution in [2.45, 2.75) is 6.42 Å². The molecule has 0 aromatic heterocycles. The van der Waals surface area contributed by atoms with E-state index in [2.05, 4.69) is 6.08 Å². The molecule has 0 aromatic carbocycles. The Kier molecular flexibility index (Phi) is 1.52. The predicted molar refractivity (Wildman–Crippen MR) is 35.2 cm³/mol. The Morgan fingerprint density at radius 3 is 2.75 bits per heavy atom. The molecule has 0 aromatic rings. The van der Waals surface area contributed by atoms with Gasteiger partial charge >= 0.3 is 0 Å². The highest BCUT2D eigenvalue weighted by atomic mass is 14.5. The first kappa shape index (κ1) is 5.16. The minimum atomic E-state index is 0.979. The van der Waals surface area contributed by atoms with E-state index in [1.54, 1.807) is 6.20 Å². The summed E-state index contributed by atoms with van der Waals surface area (Å²) in [6.07, 6.45) is 10.7. The molecule has 0 heterocycles. The molecule has 8 heavy (non-hydrogen) atoms. The molecule has 2 N–H and O–H groups in total. The highest BCUT2D eigenvalue weighted by Crippen LogP contribution is 2.06. The summed E-state index contributed by atoms with van der Waals surface area (Å²) >= 11 is 0. The van der Waals surface area contributed by atoms with Gasteiger partial charge in [0.25, 0.3) is 0 Å². The fourth-order valence-corrected chi connectivity index (χ4v) is 0.653. The minimum Gasteiger partial charge on any atom is -0.404 e. The Labute approximate surface area is 49.2 Å². The Morgan fingerprint density at radius 2 is 2.38 bits per heavy atom. The van der Waals surface area contributed by atoms with Crippen LogP contribution in [0.5, 0.6) is 0 Å². The van der Waals surface area contributed by atoms with Crippen molar-refractivity contribution in [3.05, 3.63) is 36.1 Å². The molecule has 0 fully saturated rings. The van der Waals surface area contributed by atoms with Crippen molar-refractivity contribution < 1.29 is 0 Å². The van der Waals surface area contributed by atoms with Crippen LogP contribution in [0, 0.1) is 0 Å². The van der Waals surface area contributed by atoms with Crippen molar-refractivity contribution >= 4 is 0 Å². The zero-order chi connectivity index (χ0) is 5.82. The molecule has 42 valence electrons. The van der Waals surface area contributed by atoms with Gasteiger partial charge in [-0.3, -0.25) is 0 Å². The van der Waals surface area contributed by atoms with Gasteiger partial charge in [-0.2, -0.15) is 0 Å². The highest BCUT2D eigenvalue weighted by Gasteiger charge is 1.88. The van der Waals surface area contributed by atoms with Crippen LogP contribution in [0.15, 0.2) is 36.1 Å². The molecule has 0 aliphatic heterocycles. The quantitative estimate of drug-likeness (QED) is 0.496. The first-order chi connectivity index (χ1) is 3.93. The van der Waals surface area contributed by atoms with Crippen molar-refractivity contribution in [1.82, 2.24) is 0 Å². The predicted octanol–water partition coefficient (Wildman–Crippen LogP) is 1.35. The summed E-state index contributed by atoms with van der Waals surface area (Å²) in [6.45, 7) is 0. The molecule has 1 heteroatoms. The summed E-state index contributed by atoms with van der Waals surface area (Å²) in [6, 6.07) is 0. The fourth-order valence-electron chi connectivity index (χ4n) is 0.653.